The van der Waals surface area contributed by atoms with E-state index in [0.717, 1.165) is 5.56 Å². The lowest BCUT2D eigenvalue weighted by molar-refractivity contribution is -0.139. The number of ketones is 2. The average Bonchev–Trinajstić information content (AvgIpc) is 2.88. The number of rotatable bonds is 13. The maximum absolute atomic E-state index is 12.9. The Morgan fingerprint density at radius 2 is 1.57 bits per heavy atom. The summed E-state index contributed by atoms with van der Waals surface area (Å²) in [6.45, 7) is 4.13. The van der Waals surface area contributed by atoms with Gasteiger partial charge in [-0.25, -0.2) is 4.79 Å². The molecule has 0 saturated heterocycles. The van der Waals surface area contributed by atoms with Crippen LogP contribution in [-0.4, -0.2) is 46.3 Å². The first kappa shape index (κ1) is 30.7. The fourth-order valence-electron chi connectivity index (χ4n) is 4.14. The molecular weight excluding hydrogens is 557 g/mol. The lowest BCUT2D eigenvalue weighted by atomic mass is 10.00. The Balaban J connectivity index is 1.66. The standard InChI is InChI=1S/C30H29Cl2NO7/c1-3-40-22-6-4-5-18(13-22)7-9-26(35)20-15-23(31)28(24(32)16-20)29(37)33-25(30(38)39)8-10-27(36)19-11-17(2)12-21(34)14-19/h4-6,11-16,25,34H,3,7-10H2,1-2H3,(H,33,37)(H,38,39)/t25-/m0/s1. The number of phenols is 1. The number of carboxylic acids is 1. The lowest BCUT2D eigenvalue weighted by Crippen LogP contribution is -2.41. The second-order valence-corrected chi connectivity index (χ2v) is 10.0. The third-order valence-corrected chi connectivity index (χ3v) is 6.69. The molecule has 0 heterocycles. The summed E-state index contributed by atoms with van der Waals surface area (Å²) in [7, 11) is 0. The Hall–Kier alpha value is -3.88. The van der Waals surface area contributed by atoms with Crippen molar-refractivity contribution in [1.82, 2.24) is 5.32 Å². The Morgan fingerprint density at radius 3 is 2.20 bits per heavy atom. The van der Waals surface area contributed by atoms with Gasteiger partial charge in [0, 0.05) is 24.0 Å². The molecule has 8 nitrogen and oxygen atoms in total. The summed E-state index contributed by atoms with van der Waals surface area (Å²) in [6, 6.07) is 13.0. The van der Waals surface area contributed by atoms with Gasteiger partial charge in [-0.2, -0.15) is 0 Å². The highest BCUT2D eigenvalue weighted by Gasteiger charge is 2.25. The zero-order valence-corrected chi connectivity index (χ0v) is 23.5. The summed E-state index contributed by atoms with van der Waals surface area (Å²) in [5.74, 6) is -2.18. The molecule has 0 aliphatic carbocycles. The fraction of sp³-hybridized carbons (Fsp3) is 0.267. The smallest absolute Gasteiger partial charge is 0.326 e. The highest BCUT2D eigenvalue weighted by Crippen LogP contribution is 2.28. The molecule has 0 bridgehead atoms. The summed E-state index contributed by atoms with van der Waals surface area (Å²) in [4.78, 5) is 50.1. The minimum atomic E-state index is -1.41. The summed E-state index contributed by atoms with van der Waals surface area (Å²) in [5.41, 5.74) is 1.87. The third-order valence-electron chi connectivity index (χ3n) is 6.09. The van der Waals surface area contributed by atoms with E-state index in [0.29, 0.717) is 24.3 Å². The van der Waals surface area contributed by atoms with Crippen LogP contribution in [0.5, 0.6) is 11.5 Å². The number of hydrogen-bond acceptors (Lipinski definition) is 6. The Morgan fingerprint density at radius 1 is 0.925 bits per heavy atom. The number of benzene rings is 3. The number of aryl methyl sites for hydroxylation is 2. The fourth-order valence-corrected chi connectivity index (χ4v) is 4.80. The highest BCUT2D eigenvalue weighted by atomic mass is 35.5. The van der Waals surface area contributed by atoms with Crippen LogP contribution < -0.4 is 10.1 Å². The van der Waals surface area contributed by atoms with Crippen LogP contribution >= 0.6 is 23.2 Å². The topological polar surface area (TPSA) is 130 Å². The zero-order valence-electron chi connectivity index (χ0n) is 22.0. The van der Waals surface area contributed by atoms with Gasteiger partial charge in [0.2, 0.25) is 0 Å². The number of carbonyl (C=O) groups excluding carboxylic acids is 3. The molecule has 0 aliphatic rings. The van der Waals surface area contributed by atoms with Crippen molar-refractivity contribution >= 4 is 46.6 Å². The Bertz CT molecular complexity index is 1390. The van der Waals surface area contributed by atoms with Crippen molar-refractivity contribution in [2.24, 2.45) is 0 Å². The van der Waals surface area contributed by atoms with Crippen LogP contribution in [0.4, 0.5) is 0 Å². The number of halogens is 2. The first-order chi connectivity index (χ1) is 19.0. The second-order valence-electron chi connectivity index (χ2n) is 9.20. The molecule has 40 heavy (non-hydrogen) atoms. The molecule has 0 saturated carbocycles. The molecular formula is C30H29Cl2NO7. The number of aliphatic carboxylic acids is 1. The molecule has 3 aromatic carbocycles. The first-order valence-electron chi connectivity index (χ1n) is 12.6. The number of carbonyl (C=O) groups is 4. The Labute approximate surface area is 241 Å². The van der Waals surface area contributed by atoms with Gasteiger partial charge in [0.05, 0.1) is 22.2 Å². The van der Waals surface area contributed by atoms with Gasteiger partial charge in [-0.3, -0.25) is 14.4 Å². The quantitative estimate of drug-likeness (QED) is 0.207. The van der Waals surface area contributed by atoms with Crippen LogP contribution in [0.1, 0.15) is 68.4 Å². The van der Waals surface area contributed by atoms with E-state index in [1.165, 1.54) is 24.3 Å². The van der Waals surface area contributed by atoms with Crippen molar-refractivity contribution in [3.05, 3.63) is 92.5 Å². The molecule has 3 N–H and O–H groups in total. The summed E-state index contributed by atoms with van der Waals surface area (Å²) in [5, 5.41) is 21.5. The number of amides is 1. The average molecular weight is 586 g/mol. The molecule has 0 fully saturated rings. The summed E-state index contributed by atoms with van der Waals surface area (Å²) < 4.78 is 5.48. The maximum atomic E-state index is 12.9. The van der Waals surface area contributed by atoms with Gasteiger partial charge in [0.25, 0.3) is 5.91 Å². The number of aromatic hydroxyl groups is 1. The summed E-state index contributed by atoms with van der Waals surface area (Å²) in [6.07, 6.45) is 0.230. The molecule has 210 valence electrons. The van der Waals surface area contributed by atoms with Crippen molar-refractivity contribution in [1.29, 1.82) is 0 Å². The molecule has 10 heteroatoms. The SMILES string of the molecule is CCOc1cccc(CCC(=O)c2cc(Cl)c(C(=O)N[C@@H](CCC(=O)c3cc(C)cc(O)c3)C(=O)O)c(Cl)c2)c1. The van der Waals surface area contributed by atoms with E-state index in [9.17, 15) is 29.4 Å². The molecule has 0 spiro atoms. The van der Waals surface area contributed by atoms with Crippen LogP contribution in [0.3, 0.4) is 0 Å². The normalized spacial score (nSPS) is 11.5. The van der Waals surface area contributed by atoms with Crippen molar-refractivity contribution < 1.29 is 34.1 Å². The van der Waals surface area contributed by atoms with E-state index in [2.05, 4.69) is 5.32 Å². The number of ether oxygens (including phenoxy) is 1. The van der Waals surface area contributed by atoms with Crippen molar-refractivity contribution in [2.45, 2.75) is 45.6 Å². The number of nitrogens with one attached hydrogen (secondary N) is 1. The lowest BCUT2D eigenvalue weighted by Gasteiger charge is -2.16. The van der Waals surface area contributed by atoms with E-state index in [-0.39, 0.29) is 63.3 Å². The van der Waals surface area contributed by atoms with Gasteiger partial charge in [0.15, 0.2) is 11.6 Å². The van der Waals surface area contributed by atoms with Crippen molar-refractivity contribution in [2.75, 3.05) is 6.61 Å². The number of phenolic OH excluding ortho intramolecular Hbond substituents is 1. The van der Waals surface area contributed by atoms with Crippen LogP contribution in [0.25, 0.3) is 0 Å². The highest BCUT2D eigenvalue weighted by molar-refractivity contribution is 6.40. The van der Waals surface area contributed by atoms with Gasteiger partial charge < -0.3 is 20.3 Å². The molecule has 0 aliphatic heterocycles. The molecule has 0 radical (unpaired) electrons. The maximum Gasteiger partial charge on any atom is 0.326 e. The van der Waals surface area contributed by atoms with Gasteiger partial charge in [-0.05, 0) is 80.3 Å². The van der Waals surface area contributed by atoms with E-state index >= 15 is 0 Å². The molecule has 1 atom stereocenters. The molecule has 1 amide bonds. The van der Waals surface area contributed by atoms with Gasteiger partial charge in [0.1, 0.15) is 17.5 Å². The van der Waals surface area contributed by atoms with Gasteiger partial charge >= 0.3 is 5.97 Å². The van der Waals surface area contributed by atoms with Crippen LogP contribution in [0, 0.1) is 6.92 Å². The number of hydrogen-bond donors (Lipinski definition) is 3. The zero-order chi connectivity index (χ0) is 29.4. The first-order valence-corrected chi connectivity index (χ1v) is 13.4. The predicted octanol–water partition coefficient (Wildman–Crippen LogP) is 6.07. The third kappa shape index (κ3) is 8.31. The van der Waals surface area contributed by atoms with Crippen molar-refractivity contribution in [3.8, 4) is 11.5 Å². The number of Topliss-reactive ketones (excluding diaryl/α,β-unsaturated/α-hetero) is 2. The molecule has 0 aromatic heterocycles. The summed E-state index contributed by atoms with van der Waals surface area (Å²) >= 11 is 12.6. The van der Waals surface area contributed by atoms with E-state index in [1.54, 1.807) is 13.0 Å². The van der Waals surface area contributed by atoms with Crippen LogP contribution in [0.2, 0.25) is 10.0 Å². The van der Waals surface area contributed by atoms with Crippen LogP contribution in [-0.2, 0) is 11.2 Å². The number of carboxylic acid groups (broad SMARTS) is 1. The van der Waals surface area contributed by atoms with E-state index in [1.807, 2.05) is 31.2 Å². The second kappa shape index (κ2) is 14.0. The van der Waals surface area contributed by atoms with Crippen LogP contribution in [0.15, 0.2) is 54.6 Å². The van der Waals surface area contributed by atoms with Gasteiger partial charge in [-0.15, -0.1) is 0 Å². The van der Waals surface area contributed by atoms with Crippen molar-refractivity contribution in [3.63, 3.8) is 0 Å². The minimum Gasteiger partial charge on any atom is -0.508 e. The minimum absolute atomic E-state index is 0.0755. The monoisotopic (exact) mass is 585 g/mol. The van der Waals surface area contributed by atoms with Gasteiger partial charge in [-0.1, -0.05) is 35.3 Å². The largest absolute Gasteiger partial charge is 0.508 e. The van der Waals surface area contributed by atoms with E-state index < -0.39 is 17.9 Å². The molecule has 3 aromatic rings. The molecule has 3 rings (SSSR count). The predicted molar refractivity (Wildman–Crippen MR) is 152 cm³/mol. The molecule has 0 unspecified atom stereocenters. The van der Waals surface area contributed by atoms with E-state index in [4.69, 9.17) is 27.9 Å². The Kier molecular flexibility index (Phi) is 10.7.